The van der Waals surface area contributed by atoms with Gasteiger partial charge in [-0.15, -0.1) is 0 Å². The molecule has 1 saturated carbocycles. The summed E-state index contributed by atoms with van der Waals surface area (Å²) in [6, 6.07) is 9.64. The summed E-state index contributed by atoms with van der Waals surface area (Å²) in [4.78, 5) is 25.2. The van der Waals surface area contributed by atoms with E-state index in [0.717, 1.165) is 18.4 Å². The first kappa shape index (κ1) is 20.4. The molecule has 142 valence electrons. The highest BCUT2D eigenvalue weighted by molar-refractivity contribution is 6.06. The molecule has 26 heavy (non-hydrogen) atoms. The first-order valence-corrected chi connectivity index (χ1v) is 9.89. The van der Waals surface area contributed by atoms with Crippen LogP contribution < -0.4 is 0 Å². The number of ketones is 1. The van der Waals surface area contributed by atoms with Crippen LogP contribution in [0.15, 0.2) is 36.4 Å². The summed E-state index contributed by atoms with van der Waals surface area (Å²) in [5, 5.41) is 0. The Morgan fingerprint density at radius 1 is 1.19 bits per heavy atom. The van der Waals surface area contributed by atoms with Crippen molar-refractivity contribution < 1.29 is 14.3 Å². The van der Waals surface area contributed by atoms with Crippen LogP contribution in [-0.4, -0.2) is 17.9 Å². The second-order valence-corrected chi connectivity index (χ2v) is 7.91. The lowest BCUT2D eigenvalue weighted by atomic mass is 9.75. The van der Waals surface area contributed by atoms with Gasteiger partial charge in [-0.25, -0.2) is 0 Å². The van der Waals surface area contributed by atoms with Gasteiger partial charge in [-0.05, 0) is 48.7 Å². The van der Waals surface area contributed by atoms with E-state index in [9.17, 15) is 9.59 Å². The molecule has 0 heterocycles. The molecule has 0 aliphatic heterocycles. The second kappa shape index (κ2) is 9.70. The van der Waals surface area contributed by atoms with Gasteiger partial charge in [-0.3, -0.25) is 9.59 Å². The fraction of sp³-hybridized carbons (Fsp3) is 0.565. The van der Waals surface area contributed by atoms with Gasteiger partial charge >= 0.3 is 5.97 Å². The highest BCUT2D eigenvalue weighted by atomic mass is 16.5. The molecule has 3 nitrogen and oxygen atoms in total. The third kappa shape index (κ3) is 5.55. The maximum atomic E-state index is 12.7. The molecule has 0 aromatic heterocycles. The van der Waals surface area contributed by atoms with Crippen molar-refractivity contribution in [2.45, 2.75) is 59.5 Å². The van der Waals surface area contributed by atoms with Crippen LogP contribution in [-0.2, 0) is 14.3 Å². The van der Waals surface area contributed by atoms with Crippen molar-refractivity contribution in [1.82, 2.24) is 0 Å². The molecule has 0 bridgehead atoms. The zero-order valence-corrected chi connectivity index (χ0v) is 16.5. The average Bonchev–Trinajstić information content (AvgIpc) is 2.61. The summed E-state index contributed by atoms with van der Waals surface area (Å²) in [6.45, 7) is 8.45. The van der Waals surface area contributed by atoms with Crippen molar-refractivity contribution >= 4 is 17.8 Å². The Balaban J connectivity index is 2.02. The summed E-state index contributed by atoms with van der Waals surface area (Å²) in [5.41, 5.74) is 0.949. The van der Waals surface area contributed by atoms with Crippen LogP contribution in [0.3, 0.4) is 0 Å². The number of hydrogen-bond donors (Lipinski definition) is 0. The molecule has 0 radical (unpaired) electrons. The summed E-state index contributed by atoms with van der Waals surface area (Å²) < 4.78 is 5.87. The van der Waals surface area contributed by atoms with Gasteiger partial charge in [0, 0.05) is 0 Å². The van der Waals surface area contributed by atoms with Gasteiger partial charge in [0.1, 0.15) is 12.0 Å². The molecule has 1 aliphatic carbocycles. The van der Waals surface area contributed by atoms with Gasteiger partial charge in [0.05, 0.1) is 0 Å². The molecule has 0 N–H and O–H groups in total. The van der Waals surface area contributed by atoms with Crippen LogP contribution in [0.2, 0.25) is 0 Å². The van der Waals surface area contributed by atoms with E-state index < -0.39 is 5.92 Å². The van der Waals surface area contributed by atoms with Crippen LogP contribution in [0.4, 0.5) is 0 Å². The van der Waals surface area contributed by atoms with E-state index in [0.29, 0.717) is 24.2 Å². The molecule has 4 atom stereocenters. The zero-order valence-electron chi connectivity index (χ0n) is 16.5. The molecular formula is C23H32O3. The SMILES string of the molecule is CC[C@H](C(=O)C=Cc1ccccc1)C(=O)O[C@H]1C[C@H](C)CC[C@@H]1C(C)C. The third-order valence-electron chi connectivity index (χ3n) is 5.50. The Hall–Kier alpha value is -1.90. The Morgan fingerprint density at radius 3 is 2.50 bits per heavy atom. The Labute approximate surface area is 157 Å². The van der Waals surface area contributed by atoms with Crippen LogP contribution >= 0.6 is 0 Å². The minimum atomic E-state index is -0.708. The molecule has 0 spiro atoms. The molecule has 1 aromatic carbocycles. The summed E-state index contributed by atoms with van der Waals surface area (Å²) in [6.07, 6.45) is 6.85. The van der Waals surface area contributed by atoms with E-state index in [1.807, 2.05) is 37.3 Å². The monoisotopic (exact) mass is 356 g/mol. The first-order valence-electron chi connectivity index (χ1n) is 9.89. The van der Waals surface area contributed by atoms with E-state index in [2.05, 4.69) is 20.8 Å². The molecule has 2 rings (SSSR count). The van der Waals surface area contributed by atoms with E-state index in [1.165, 1.54) is 12.5 Å². The van der Waals surface area contributed by atoms with E-state index in [1.54, 1.807) is 6.08 Å². The summed E-state index contributed by atoms with van der Waals surface area (Å²) in [7, 11) is 0. The second-order valence-electron chi connectivity index (χ2n) is 7.91. The largest absolute Gasteiger partial charge is 0.462 e. The van der Waals surface area contributed by atoms with Crippen molar-refractivity contribution in [1.29, 1.82) is 0 Å². The molecule has 0 amide bonds. The highest BCUT2D eigenvalue weighted by Crippen LogP contribution is 2.35. The summed E-state index contributed by atoms with van der Waals surface area (Å²) >= 11 is 0. The zero-order chi connectivity index (χ0) is 19.1. The average molecular weight is 357 g/mol. The van der Waals surface area contributed by atoms with Gasteiger partial charge < -0.3 is 4.74 Å². The third-order valence-corrected chi connectivity index (χ3v) is 5.50. The Morgan fingerprint density at radius 2 is 1.88 bits per heavy atom. The van der Waals surface area contributed by atoms with Gasteiger partial charge in [0.25, 0.3) is 0 Å². The fourth-order valence-electron chi connectivity index (χ4n) is 3.82. The highest BCUT2D eigenvalue weighted by Gasteiger charge is 2.35. The summed E-state index contributed by atoms with van der Waals surface area (Å²) in [5.74, 6) is 0.194. The molecular weight excluding hydrogens is 324 g/mol. The smallest absolute Gasteiger partial charge is 0.317 e. The number of esters is 1. The number of carbonyl (C=O) groups is 2. The van der Waals surface area contributed by atoms with Crippen molar-refractivity contribution in [3.05, 3.63) is 42.0 Å². The molecule has 0 unspecified atom stereocenters. The lowest BCUT2D eigenvalue weighted by Gasteiger charge is -2.37. The number of ether oxygens (including phenoxy) is 1. The normalized spacial score (nSPS) is 24.6. The number of allylic oxidation sites excluding steroid dienone is 1. The van der Waals surface area contributed by atoms with Gasteiger partial charge in [0.2, 0.25) is 0 Å². The topological polar surface area (TPSA) is 43.4 Å². The molecule has 3 heteroatoms. The van der Waals surface area contributed by atoms with Crippen molar-refractivity contribution in [3.8, 4) is 0 Å². The number of benzene rings is 1. The minimum Gasteiger partial charge on any atom is -0.462 e. The van der Waals surface area contributed by atoms with Crippen LogP contribution in [0, 0.1) is 23.7 Å². The van der Waals surface area contributed by atoms with Crippen LogP contribution in [0.25, 0.3) is 6.08 Å². The maximum absolute atomic E-state index is 12.7. The molecule has 1 fully saturated rings. The van der Waals surface area contributed by atoms with E-state index >= 15 is 0 Å². The van der Waals surface area contributed by atoms with E-state index in [-0.39, 0.29) is 17.9 Å². The van der Waals surface area contributed by atoms with Crippen LogP contribution in [0.5, 0.6) is 0 Å². The number of rotatable bonds is 7. The standard InChI is InChI=1S/C23H32O3/c1-5-19(21(24)14-12-18-9-7-6-8-10-18)23(25)26-22-15-17(4)11-13-20(22)16(2)3/h6-10,12,14,16-17,19-20,22H,5,11,13,15H2,1-4H3/t17-,19-,20-,22+/m1/s1. The predicted molar refractivity (Wildman–Crippen MR) is 105 cm³/mol. The quantitative estimate of drug-likeness (QED) is 0.378. The molecule has 1 aromatic rings. The van der Waals surface area contributed by atoms with Gasteiger partial charge in [-0.2, -0.15) is 0 Å². The van der Waals surface area contributed by atoms with Gasteiger partial charge in [-0.1, -0.05) is 70.5 Å². The lowest BCUT2D eigenvalue weighted by Crippen LogP contribution is -2.38. The van der Waals surface area contributed by atoms with E-state index in [4.69, 9.17) is 4.74 Å². The van der Waals surface area contributed by atoms with Crippen molar-refractivity contribution in [3.63, 3.8) is 0 Å². The van der Waals surface area contributed by atoms with Gasteiger partial charge in [0.15, 0.2) is 5.78 Å². The molecule has 1 aliphatic rings. The number of hydrogen-bond acceptors (Lipinski definition) is 3. The first-order chi connectivity index (χ1) is 12.4. The van der Waals surface area contributed by atoms with Crippen molar-refractivity contribution in [2.75, 3.05) is 0 Å². The fourth-order valence-corrected chi connectivity index (χ4v) is 3.82. The minimum absolute atomic E-state index is 0.0637. The maximum Gasteiger partial charge on any atom is 0.317 e. The predicted octanol–water partition coefficient (Wildman–Crippen LogP) is 5.30. The molecule has 0 saturated heterocycles. The number of carbonyl (C=O) groups excluding carboxylic acids is 2. The van der Waals surface area contributed by atoms with Crippen molar-refractivity contribution in [2.24, 2.45) is 23.7 Å². The Kier molecular flexibility index (Phi) is 7.62. The lowest BCUT2D eigenvalue weighted by molar-refractivity contribution is -0.162. The van der Waals surface area contributed by atoms with Crippen LogP contribution in [0.1, 0.15) is 58.9 Å². The Bertz CT molecular complexity index is 618.